The molecule has 0 radical (unpaired) electrons. The standard InChI is InChI=1S/C16H23N3/c1-12(2)4-5-13(3)18-15-8-6-14(7-9-15)16-10-11-17-19-16/h6-13,18H,4-5H2,1-3H3,(H,17,19). The third kappa shape index (κ3) is 4.12. The summed E-state index contributed by atoms with van der Waals surface area (Å²) in [6, 6.07) is 11.0. The van der Waals surface area contributed by atoms with Crippen molar-refractivity contribution in [2.24, 2.45) is 5.92 Å². The third-order valence-electron chi connectivity index (χ3n) is 3.29. The van der Waals surface area contributed by atoms with Crippen molar-refractivity contribution in [3.63, 3.8) is 0 Å². The first-order valence-electron chi connectivity index (χ1n) is 7.01. The summed E-state index contributed by atoms with van der Waals surface area (Å²) in [6.45, 7) is 6.78. The molecule has 102 valence electrons. The van der Waals surface area contributed by atoms with Crippen molar-refractivity contribution in [2.45, 2.75) is 39.7 Å². The van der Waals surface area contributed by atoms with Crippen molar-refractivity contribution in [2.75, 3.05) is 5.32 Å². The first kappa shape index (κ1) is 13.7. The Hall–Kier alpha value is -1.77. The first-order chi connectivity index (χ1) is 9.15. The fraction of sp³-hybridized carbons (Fsp3) is 0.438. The lowest BCUT2D eigenvalue weighted by atomic mass is 10.0. The minimum absolute atomic E-state index is 0.514. The Balaban J connectivity index is 1.92. The van der Waals surface area contributed by atoms with Gasteiger partial charge in [-0.15, -0.1) is 0 Å². The molecule has 1 aromatic heterocycles. The predicted molar refractivity (Wildman–Crippen MR) is 81.2 cm³/mol. The van der Waals surface area contributed by atoms with E-state index in [1.165, 1.54) is 18.5 Å². The van der Waals surface area contributed by atoms with Crippen LogP contribution in [0.5, 0.6) is 0 Å². The van der Waals surface area contributed by atoms with E-state index in [4.69, 9.17) is 0 Å². The van der Waals surface area contributed by atoms with Crippen LogP contribution in [0.4, 0.5) is 5.69 Å². The Bertz CT molecular complexity index is 471. The summed E-state index contributed by atoms with van der Waals surface area (Å²) in [6.07, 6.45) is 4.25. The Kier molecular flexibility index (Phi) is 4.61. The van der Waals surface area contributed by atoms with Gasteiger partial charge in [-0.2, -0.15) is 5.10 Å². The second-order valence-corrected chi connectivity index (χ2v) is 5.56. The Labute approximate surface area is 115 Å². The molecular formula is C16H23N3. The maximum Gasteiger partial charge on any atom is 0.0650 e. The second kappa shape index (κ2) is 6.41. The maximum absolute atomic E-state index is 3.97. The van der Waals surface area contributed by atoms with E-state index in [2.05, 4.69) is 60.6 Å². The van der Waals surface area contributed by atoms with E-state index in [1.807, 2.05) is 6.07 Å². The van der Waals surface area contributed by atoms with Gasteiger partial charge in [0, 0.05) is 17.9 Å². The molecule has 1 heterocycles. The quantitative estimate of drug-likeness (QED) is 0.809. The first-order valence-corrected chi connectivity index (χ1v) is 7.01. The molecule has 0 spiro atoms. The summed E-state index contributed by atoms with van der Waals surface area (Å²) in [7, 11) is 0. The van der Waals surface area contributed by atoms with Crippen LogP contribution in [0.1, 0.15) is 33.6 Å². The van der Waals surface area contributed by atoms with E-state index in [1.54, 1.807) is 6.20 Å². The molecule has 0 aliphatic rings. The van der Waals surface area contributed by atoms with Crippen LogP contribution in [0.2, 0.25) is 0 Å². The number of anilines is 1. The Morgan fingerprint density at radius 2 is 1.79 bits per heavy atom. The lowest BCUT2D eigenvalue weighted by Crippen LogP contribution is -2.15. The van der Waals surface area contributed by atoms with Crippen molar-refractivity contribution >= 4 is 5.69 Å². The van der Waals surface area contributed by atoms with E-state index in [0.29, 0.717) is 6.04 Å². The third-order valence-corrected chi connectivity index (χ3v) is 3.29. The van der Waals surface area contributed by atoms with E-state index >= 15 is 0 Å². The highest BCUT2D eigenvalue weighted by atomic mass is 15.1. The molecule has 0 aliphatic heterocycles. The van der Waals surface area contributed by atoms with Gasteiger partial charge in [-0.1, -0.05) is 26.0 Å². The molecular weight excluding hydrogens is 234 g/mol. The molecule has 0 amide bonds. The molecule has 1 unspecified atom stereocenters. The van der Waals surface area contributed by atoms with Gasteiger partial charge >= 0.3 is 0 Å². The molecule has 0 fully saturated rings. The summed E-state index contributed by atoms with van der Waals surface area (Å²) in [5, 5.41) is 10.5. The summed E-state index contributed by atoms with van der Waals surface area (Å²) >= 11 is 0. The fourth-order valence-corrected chi connectivity index (χ4v) is 2.10. The number of benzene rings is 1. The van der Waals surface area contributed by atoms with Crippen LogP contribution >= 0.6 is 0 Å². The molecule has 3 heteroatoms. The molecule has 2 aromatic rings. The summed E-state index contributed by atoms with van der Waals surface area (Å²) < 4.78 is 0. The van der Waals surface area contributed by atoms with Crippen LogP contribution in [0.15, 0.2) is 36.5 Å². The fourth-order valence-electron chi connectivity index (χ4n) is 2.10. The number of hydrogen-bond acceptors (Lipinski definition) is 2. The maximum atomic E-state index is 3.97. The van der Waals surface area contributed by atoms with Crippen LogP contribution in [0.25, 0.3) is 11.3 Å². The highest BCUT2D eigenvalue weighted by Crippen LogP contribution is 2.20. The number of rotatable bonds is 6. The van der Waals surface area contributed by atoms with Gasteiger partial charge in [-0.3, -0.25) is 5.10 Å². The van der Waals surface area contributed by atoms with E-state index in [9.17, 15) is 0 Å². The van der Waals surface area contributed by atoms with Gasteiger partial charge in [0.05, 0.1) is 5.69 Å². The number of aromatic amines is 1. The van der Waals surface area contributed by atoms with Crippen molar-refractivity contribution in [1.29, 1.82) is 0 Å². The van der Waals surface area contributed by atoms with Crippen molar-refractivity contribution in [3.8, 4) is 11.3 Å². The normalized spacial score (nSPS) is 12.6. The molecule has 0 bridgehead atoms. The van der Waals surface area contributed by atoms with Crippen LogP contribution in [-0.2, 0) is 0 Å². The molecule has 0 saturated carbocycles. The van der Waals surface area contributed by atoms with Crippen LogP contribution in [0, 0.1) is 5.92 Å². The lowest BCUT2D eigenvalue weighted by Gasteiger charge is -2.16. The predicted octanol–water partition coefficient (Wildman–Crippen LogP) is 4.31. The van der Waals surface area contributed by atoms with Crippen molar-refractivity contribution < 1.29 is 0 Å². The zero-order valence-corrected chi connectivity index (χ0v) is 12.0. The van der Waals surface area contributed by atoms with Gasteiger partial charge in [0.15, 0.2) is 0 Å². The molecule has 3 nitrogen and oxygen atoms in total. The van der Waals surface area contributed by atoms with Crippen molar-refractivity contribution in [1.82, 2.24) is 10.2 Å². The average molecular weight is 257 g/mol. The minimum atomic E-state index is 0.514. The van der Waals surface area contributed by atoms with Crippen LogP contribution in [0.3, 0.4) is 0 Å². The molecule has 0 saturated heterocycles. The van der Waals surface area contributed by atoms with Gasteiger partial charge in [-0.05, 0) is 49.4 Å². The smallest absolute Gasteiger partial charge is 0.0650 e. The number of nitrogens with one attached hydrogen (secondary N) is 2. The highest BCUT2D eigenvalue weighted by Gasteiger charge is 2.04. The van der Waals surface area contributed by atoms with Gasteiger partial charge in [0.2, 0.25) is 0 Å². The summed E-state index contributed by atoms with van der Waals surface area (Å²) in [4.78, 5) is 0. The van der Waals surface area contributed by atoms with Gasteiger partial charge < -0.3 is 5.32 Å². The average Bonchev–Trinajstić information content (AvgIpc) is 2.91. The number of hydrogen-bond donors (Lipinski definition) is 2. The molecule has 1 aromatic carbocycles. The van der Waals surface area contributed by atoms with Gasteiger partial charge in [0.25, 0.3) is 0 Å². The summed E-state index contributed by atoms with van der Waals surface area (Å²) in [5.41, 5.74) is 3.40. The van der Waals surface area contributed by atoms with Gasteiger partial charge in [-0.25, -0.2) is 0 Å². The zero-order valence-electron chi connectivity index (χ0n) is 12.0. The lowest BCUT2D eigenvalue weighted by molar-refractivity contribution is 0.528. The minimum Gasteiger partial charge on any atom is -0.383 e. The monoisotopic (exact) mass is 257 g/mol. The number of nitrogens with zero attached hydrogens (tertiary/aromatic N) is 1. The van der Waals surface area contributed by atoms with Crippen LogP contribution in [-0.4, -0.2) is 16.2 Å². The molecule has 1 atom stereocenters. The van der Waals surface area contributed by atoms with E-state index in [-0.39, 0.29) is 0 Å². The Morgan fingerprint density at radius 1 is 1.05 bits per heavy atom. The van der Waals surface area contributed by atoms with E-state index < -0.39 is 0 Å². The van der Waals surface area contributed by atoms with Crippen molar-refractivity contribution in [3.05, 3.63) is 36.5 Å². The molecule has 0 aliphatic carbocycles. The largest absolute Gasteiger partial charge is 0.383 e. The topological polar surface area (TPSA) is 40.7 Å². The summed E-state index contributed by atoms with van der Waals surface area (Å²) in [5.74, 6) is 0.770. The number of H-pyrrole nitrogens is 1. The highest BCUT2D eigenvalue weighted by molar-refractivity contribution is 5.62. The zero-order chi connectivity index (χ0) is 13.7. The number of aromatic nitrogens is 2. The Morgan fingerprint density at radius 3 is 2.37 bits per heavy atom. The molecule has 19 heavy (non-hydrogen) atoms. The molecule has 2 rings (SSSR count). The molecule has 2 N–H and O–H groups in total. The van der Waals surface area contributed by atoms with Crippen LogP contribution < -0.4 is 5.32 Å². The second-order valence-electron chi connectivity index (χ2n) is 5.56. The van der Waals surface area contributed by atoms with Gasteiger partial charge in [0.1, 0.15) is 0 Å². The van der Waals surface area contributed by atoms with E-state index in [0.717, 1.165) is 17.2 Å². The SMILES string of the molecule is CC(C)CCC(C)Nc1ccc(-c2ccn[nH]2)cc1.